The molecule has 0 bridgehead atoms. The van der Waals surface area contributed by atoms with E-state index in [1.54, 1.807) is 14.2 Å². The van der Waals surface area contributed by atoms with Crippen LogP contribution in [0.4, 0.5) is 5.82 Å². The Morgan fingerprint density at radius 3 is 2.89 bits per heavy atom. The van der Waals surface area contributed by atoms with Gasteiger partial charge in [-0.25, -0.2) is 0 Å². The van der Waals surface area contributed by atoms with Crippen molar-refractivity contribution >= 4 is 5.82 Å². The number of anilines is 1. The molecule has 2 N–H and O–H groups in total. The first-order valence-corrected chi connectivity index (χ1v) is 6.69. The summed E-state index contributed by atoms with van der Waals surface area (Å²) >= 11 is 0. The minimum Gasteiger partial charge on any atom is -0.481 e. The van der Waals surface area contributed by atoms with E-state index in [0.717, 1.165) is 31.9 Å². The number of piperidine rings is 1. The van der Waals surface area contributed by atoms with Gasteiger partial charge in [0.2, 0.25) is 5.88 Å². The van der Waals surface area contributed by atoms with E-state index in [9.17, 15) is 0 Å². The van der Waals surface area contributed by atoms with Crippen molar-refractivity contribution in [1.82, 2.24) is 9.97 Å². The summed E-state index contributed by atoms with van der Waals surface area (Å²) in [6, 6.07) is 2.20. The first-order chi connectivity index (χ1) is 9.26. The molecule has 1 unspecified atom stereocenters. The Bertz CT molecular complexity index is 389. The number of methoxy groups -OCH3 is 2. The molecule has 1 atom stereocenters. The molecule has 19 heavy (non-hydrogen) atoms. The molecular formula is C13H22N4O2. The van der Waals surface area contributed by atoms with Gasteiger partial charge in [-0.1, -0.05) is 0 Å². The molecule has 1 aromatic heterocycles. The van der Waals surface area contributed by atoms with Gasteiger partial charge >= 0.3 is 6.01 Å². The molecule has 6 heteroatoms. The molecule has 0 aromatic carbocycles. The molecule has 2 rings (SSSR count). The quantitative estimate of drug-likeness (QED) is 0.859. The van der Waals surface area contributed by atoms with E-state index >= 15 is 0 Å². The second kappa shape index (κ2) is 6.56. The van der Waals surface area contributed by atoms with Crippen LogP contribution in [0.2, 0.25) is 0 Å². The van der Waals surface area contributed by atoms with Crippen LogP contribution in [-0.2, 0) is 0 Å². The summed E-state index contributed by atoms with van der Waals surface area (Å²) in [6.07, 6.45) is 3.47. The number of aromatic nitrogens is 2. The summed E-state index contributed by atoms with van der Waals surface area (Å²) in [4.78, 5) is 10.8. The zero-order chi connectivity index (χ0) is 13.7. The lowest BCUT2D eigenvalue weighted by Crippen LogP contribution is -2.36. The van der Waals surface area contributed by atoms with E-state index in [4.69, 9.17) is 15.2 Å². The SMILES string of the molecule is COc1cc(N2CCCC(CCN)C2)nc(OC)n1. The number of nitrogens with zero attached hydrogens (tertiary/aromatic N) is 3. The maximum atomic E-state index is 5.65. The fourth-order valence-electron chi connectivity index (χ4n) is 2.49. The minimum absolute atomic E-state index is 0.343. The van der Waals surface area contributed by atoms with Crippen molar-refractivity contribution in [3.63, 3.8) is 0 Å². The van der Waals surface area contributed by atoms with E-state index in [1.165, 1.54) is 12.8 Å². The zero-order valence-corrected chi connectivity index (χ0v) is 11.6. The molecule has 0 aliphatic carbocycles. The molecule has 0 spiro atoms. The number of nitrogens with two attached hydrogens (primary N) is 1. The average molecular weight is 266 g/mol. The van der Waals surface area contributed by atoms with Crippen molar-refractivity contribution in [2.24, 2.45) is 11.7 Å². The molecule has 1 aliphatic rings. The number of hydrogen-bond donors (Lipinski definition) is 1. The van der Waals surface area contributed by atoms with Crippen LogP contribution in [0.1, 0.15) is 19.3 Å². The lowest BCUT2D eigenvalue weighted by molar-refractivity contribution is 0.349. The van der Waals surface area contributed by atoms with Crippen molar-refractivity contribution in [2.75, 3.05) is 38.8 Å². The van der Waals surface area contributed by atoms with Gasteiger partial charge in [-0.2, -0.15) is 9.97 Å². The molecule has 0 radical (unpaired) electrons. The molecular weight excluding hydrogens is 244 g/mol. The maximum Gasteiger partial charge on any atom is 0.321 e. The third kappa shape index (κ3) is 3.47. The van der Waals surface area contributed by atoms with Crippen LogP contribution in [0.5, 0.6) is 11.9 Å². The second-order valence-corrected chi connectivity index (χ2v) is 4.79. The molecule has 1 fully saturated rings. The van der Waals surface area contributed by atoms with E-state index in [-0.39, 0.29) is 0 Å². The Morgan fingerprint density at radius 1 is 1.37 bits per heavy atom. The highest BCUT2D eigenvalue weighted by molar-refractivity contribution is 5.43. The van der Waals surface area contributed by atoms with Gasteiger partial charge in [-0.15, -0.1) is 0 Å². The average Bonchev–Trinajstić information content (AvgIpc) is 2.47. The smallest absolute Gasteiger partial charge is 0.321 e. The Morgan fingerprint density at radius 2 is 2.21 bits per heavy atom. The Kier molecular flexibility index (Phi) is 4.79. The van der Waals surface area contributed by atoms with Gasteiger partial charge in [0.15, 0.2) is 0 Å². The lowest BCUT2D eigenvalue weighted by Gasteiger charge is -2.33. The highest BCUT2D eigenvalue weighted by Gasteiger charge is 2.21. The van der Waals surface area contributed by atoms with Crippen molar-refractivity contribution in [2.45, 2.75) is 19.3 Å². The van der Waals surface area contributed by atoms with Crippen LogP contribution in [0.3, 0.4) is 0 Å². The molecule has 0 amide bonds. The van der Waals surface area contributed by atoms with E-state index in [2.05, 4.69) is 14.9 Å². The van der Waals surface area contributed by atoms with E-state index in [0.29, 0.717) is 17.8 Å². The summed E-state index contributed by atoms with van der Waals surface area (Å²) < 4.78 is 10.3. The van der Waals surface area contributed by atoms with Crippen LogP contribution in [0.25, 0.3) is 0 Å². The summed E-state index contributed by atoms with van der Waals surface area (Å²) in [5.74, 6) is 2.04. The number of ether oxygens (including phenoxy) is 2. The topological polar surface area (TPSA) is 73.5 Å². The molecule has 1 saturated heterocycles. The molecule has 6 nitrogen and oxygen atoms in total. The highest BCUT2D eigenvalue weighted by Crippen LogP contribution is 2.26. The van der Waals surface area contributed by atoms with Crippen LogP contribution in [0.15, 0.2) is 6.07 Å². The Balaban J connectivity index is 2.15. The first kappa shape index (κ1) is 13.9. The molecule has 106 valence electrons. The summed E-state index contributed by atoms with van der Waals surface area (Å²) in [5, 5.41) is 0. The largest absolute Gasteiger partial charge is 0.481 e. The lowest BCUT2D eigenvalue weighted by atomic mass is 9.95. The van der Waals surface area contributed by atoms with Crippen LogP contribution in [0, 0.1) is 5.92 Å². The Labute approximate surface area is 113 Å². The van der Waals surface area contributed by atoms with Crippen molar-refractivity contribution in [1.29, 1.82) is 0 Å². The summed E-state index contributed by atoms with van der Waals surface area (Å²) in [7, 11) is 3.16. The molecule has 1 aliphatic heterocycles. The van der Waals surface area contributed by atoms with Crippen LogP contribution >= 0.6 is 0 Å². The number of hydrogen-bond acceptors (Lipinski definition) is 6. The zero-order valence-electron chi connectivity index (χ0n) is 11.6. The Hall–Kier alpha value is -1.56. The predicted octanol–water partition coefficient (Wildman–Crippen LogP) is 1.06. The van der Waals surface area contributed by atoms with Gasteiger partial charge in [0.05, 0.1) is 14.2 Å². The van der Waals surface area contributed by atoms with Crippen LogP contribution in [-0.4, -0.2) is 43.8 Å². The molecule has 1 aromatic rings. The monoisotopic (exact) mass is 266 g/mol. The molecule has 2 heterocycles. The number of rotatable bonds is 5. The second-order valence-electron chi connectivity index (χ2n) is 4.79. The maximum absolute atomic E-state index is 5.65. The van der Waals surface area contributed by atoms with Gasteiger partial charge in [-0.3, -0.25) is 0 Å². The van der Waals surface area contributed by atoms with Gasteiger partial charge in [-0.05, 0) is 31.7 Å². The van der Waals surface area contributed by atoms with Crippen molar-refractivity contribution in [3.8, 4) is 11.9 Å². The summed E-state index contributed by atoms with van der Waals surface area (Å²) in [5.41, 5.74) is 5.65. The third-order valence-corrected chi connectivity index (χ3v) is 3.48. The van der Waals surface area contributed by atoms with Crippen molar-refractivity contribution < 1.29 is 9.47 Å². The fourth-order valence-corrected chi connectivity index (χ4v) is 2.49. The van der Waals surface area contributed by atoms with Crippen LogP contribution < -0.4 is 20.1 Å². The standard InChI is InChI=1S/C13H22N4O2/c1-18-12-8-11(15-13(16-12)19-2)17-7-3-4-10(9-17)5-6-14/h8,10H,3-7,9,14H2,1-2H3. The first-order valence-electron chi connectivity index (χ1n) is 6.69. The normalized spacial score (nSPS) is 19.3. The van der Waals surface area contributed by atoms with Gasteiger partial charge in [0.25, 0.3) is 0 Å². The minimum atomic E-state index is 0.343. The van der Waals surface area contributed by atoms with E-state index in [1.807, 2.05) is 6.07 Å². The van der Waals surface area contributed by atoms with Gasteiger partial charge in [0, 0.05) is 19.2 Å². The van der Waals surface area contributed by atoms with Crippen molar-refractivity contribution in [3.05, 3.63) is 6.07 Å². The predicted molar refractivity (Wildman–Crippen MR) is 73.7 cm³/mol. The highest BCUT2D eigenvalue weighted by atomic mass is 16.5. The fraction of sp³-hybridized carbons (Fsp3) is 0.692. The van der Waals surface area contributed by atoms with E-state index < -0.39 is 0 Å². The third-order valence-electron chi connectivity index (χ3n) is 3.48. The van der Waals surface area contributed by atoms with Gasteiger partial charge in [0.1, 0.15) is 5.82 Å². The van der Waals surface area contributed by atoms with Gasteiger partial charge < -0.3 is 20.1 Å². The molecule has 0 saturated carbocycles. The summed E-state index contributed by atoms with van der Waals surface area (Å²) in [6.45, 7) is 2.74.